The number of rotatable bonds is 6. The summed E-state index contributed by atoms with van der Waals surface area (Å²) < 4.78 is 10.2. The van der Waals surface area contributed by atoms with Gasteiger partial charge in [-0.1, -0.05) is 23.7 Å². The van der Waals surface area contributed by atoms with Crippen LogP contribution in [0.1, 0.15) is 5.56 Å². The first-order valence-corrected chi connectivity index (χ1v) is 5.18. The molecule has 0 radical (unpaired) electrons. The molecule has 0 spiro atoms. The number of hydrogen-bond acceptors (Lipinski definition) is 3. The number of para-hydroxylation sites is 1. The van der Waals surface area contributed by atoms with E-state index in [-0.39, 0.29) is 0 Å². The SMILES string of the molecule is COCCNCc1cccc(Cl)c1OC. The molecule has 1 rings (SSSR count). The van der Waals surface area contributed by atoms with Gasteiger partial charge in [0.15, 0.2) is 0 Å². The molecule has 0 unspecified atom stereocenters. The van der Waals surface area contributed by atoms with Crippen LogP contribution in [0.25, 0.3) is 0 Å². The van der Waals surface area contributed by atoms with E-state index in [1.807, 2.05) is 18.2 Å². The first kappa shape index (κ1) is 12.3. The number of nitrogens with one attached hydrogen (secondary N) is 1. The lowest BCUT2D eigenvalue weighted by atomic mass is 10.2. The summed E-state index contributed by atoms with van der Waals surface area (Å²) in [6.07, 6.45) is 0. The molecule has 0 aliphatic rings. The van der Waals surface area contributed by atoms with Crippen molar-refractivity contribution in [3.05, 3.63) is 28.8 Å². The Morgan fingerprint density at radius 1 is 1.33 bits per heavy atom. The monoisotopic (exact) mass is 229 g/mol. The fourth-order valence-corrected chi connectivity index (χ4v) is 1.59. The Hall–Kier alpha value is -0.770. The molecule has 1 aromatic rings. The van der Waals surface area contributed by atoms with Gasteiger partial charge in [0.1, 0.15) is 5.75 Å². The van der Waals surface area contributed by atoms with E-state index in [4.69, 9.17) is 21.1 Å². The third kappa shape index (κ3) is 3.70. The first-order chi connectivity index (χ1) is 7.29. The lowest BCUT2D eigenvalue weighted by molar-refractivity contribution is 0.199. The van der Waals surface area contributed by atoms with Gasteiger partial charge in [0, 0.05) is 25.8 Å². The highest BCUT2D eigenvalue weighted by molar-refractivity contribution is 6.32. The van der Waals surface area contributed by atoms with E-state index in [9.17, 15) is 0 Å². The summed E-state index contributed by atoms with van der Waals surface area (Å²) in [6, 6.07) is 5.72. The van der Waals surface area contributed by atoms with Gasteiger partial charge in [-0.25, -0.2) is 0 Å². The van der Waals surface area contributed by atoms with Gasteiger partial charge in [0.2, 0.25) is 0 Å². The van der Waals surface area contributed by atoms with Gasteiger partial charge in [-0.3, -0.25) is 0 Å². The number of halogens is 1. The molecule has 1 N–H and O–H groups in total. The van der Waals surface area contributed by atoms with Crippen LogP contribution >= 0.6 is 11.6 Å². The molecular weight excluding hydrogens is 214 g/mol. The number of hydrogen-bond donors (Lipinski definition) is 1. The van der Waals surface area contributed by atoms with E-state index in [1.165, 1.54) is 0 Å². The molecule has 0 heterocycles. The molecule has 0 bridgehead atoms. The third-order valence-corrected chi connectivity index (χ3v) is 2.35. The second kappa shape index (κ2) is 6.67. The van der Waals surface area contributed by atoms with Crippen LogP contribution in [0.3, 0.4) is 0 Å². The molecule has 1 aromatic carbocycles. The van der Waals surface area contributed by atoms with Gasteiger partial charge >= 0.3 is 0 Å². The van der Waals surface area contributed by atoms with Crippen LogP contribution in [0.5, 0.6) is 5.75 Å². The largest absolute Gasteiger partial charge is 0.495 e. The molecule has 15 heavy (non-hydrogen) atoms. The normalized spacial score (nSPS) is 10.3. The average Bonchev–Trinajstić information content (AvgIpc) is 2.24. The maximum atomic E-state index is 5.99. The summed E-state index contributed by atoms with van der Waals surface area (Å²) in [5.41, 5.74) is 1.06. The minimum absolute atomic E-state index is 0.642. The molecule has 0 atom stereocenters. The van der Waals surface area contributed by atoms with Crippen molar-refractivity contribution in [2.45, 2.75) is 6.54 Å². The zero-order chi connectivity index (χ0) is 11.1. The van der Waals surface area contributed by atoms with Crippen LogP contribution in [0.15, 0.2) is 18.2 Å². The van der Waals surface area contributed by atoms with Crippen molar-refractivity contribution in [1.82, 2.24) is 5.32 Å². The maximum absolute atomic E-state index is 5.99. The molecule has 0 saturated carbocycles. The first-order valence-electron chi connectivity index (χ1n) is 4.80. The Kier molecular flexibility index (Phi) is 5.47. The molecule has 0 saturated heterocycles. The van der Waals surface area contributed by atoms with Crippen molar-refractivity contribution in [2.24, 2.45) is 0 Å². The van der Waals surface area contributed by atoms with Crippen molar-refractivity contribution in [3.63, 3.8) is 0 Å². The Morgan fingerprint density at radius 2 is 2.13 bits per heavy atom. The summed E-state index contributed by atoms with van der Waals surface area (Å²) in [7, 11) is 3.31. The highest BCUT2D eigenvalue weighted by Gasteiger charge is 2.05. The van der Waals surface area contributed by atoms with E-state index in [0.29, 0.717) is 11.6 Å². The third-order valence-electron chi connectivity index (χ3n) is 2.05. The van der Waals surface area contributed by atoms with Crippen LogP contribution in [-0.4, -0.2) is 27.4 Å². The van der Waals surface area contributed by atoms with E-state index in [1.54, 1.807) is 14.2 Å². The Balaban J connectivity index is 2.56. The standard InChI is InChI=1S/C11H16ClNO2/c1-14-7-6-13-8-9-4-3-5-10(12)11(9)15-2/h3-5,13H,6-8H2,1-2H3. The second-order valence-electron chi connectivity index (χ2n) is 3.10. The predicted molar refractivity (Wildman–Crippen MR) is 61.6 cm³/mol. The molecule has 3 nitrogen and oxygen atoms in total. The summed E-state index contributed by atoms with van der Waals surface area (Å²) >= 11 is 5.99. The second-order valence-corrected chi connectivity index (χ2v) is 3.51. The smallest absolute Gasteiger partial charge is 0.141 e. The molecule has 0 fully saturated rings. The van der Waals surface area contributed by atoms with E-state index < -0.39 is 0 Å². The van der Waals surface area contributed by atoms with Gasteiger partial charge in [-0.2, -0.15) is 0 Å². The molecule has 0 amide bonds. The van der Waals surface area contributed by atoms with Crippen molar-refractivity contribution in [1.29, 1.82) is 0 Å². The fraction of sp³-hybridized carbons (Fsp3) is 0.455. The predicted octanol–water partition coefficient (Wildman–Crippen LogP) is 2.08. The molecule has 4 heteroatoms. The zero-order valence-corrected chi connectivity index (χ0v) is 9.80. The van der Waals surface area contributed by atoms with Gasteiger partial charge < -0.3 is 14.8 Å². The van der Waals surface area contributed by atoms with E-state index >= 15 is 0 Å². The van der Waals surface area contributed by atoms with Crippen molar-refractivity contribution >= 4 is 11.6 Å². The van der Waals surface area contributed by atoms with Crippen molar-refractivity contribution in [3.8, 4) is 5.75 Å². The van der Waals surface area contributed by atoms with Crippen LogP contribution in [0.4, 0.5) is 0 Å². The Morgan fingerprint density at radius 3 is 2.80 bits per heavy atom. The van der Waals surface area contributed by atoms with Gasteiger partial charge in [0.25, 0.3) is 0 Å². The number of ether oxygens (including phenoxy) is 2. The van der Waals surface area contributed by atoms with E-state index in [0.717, 1.165) is 24.4 Å². The van der Waals surface area contributed by atoms with Gasteiger partial charge in [-0.15, -0.1) is 0 Å². The summed E-state index contributed by atoms with van der Waals surface area (Å²) in [5, 5.41) is 3.88. The lowest BCUT2D eigenvalue weighted by Crippen LogP contribution is -2.18. The molecule has 0 aliphatic carbocycles. The minimum Gasteiger partial charge on any atom is -0.495 e. The minimum atomic E-state index is 0.642. The van der Waals surface area contributed by atoms with Gasteiger partial charge in [-0.05, 0) is 6.07 Å². The number of methoxy groups -OCH3 is 2. The summed E-state index contributed by atoms with van der Waals surface area (Å²) in [4.78, 5) is 0. The maximum Gasteiger partial charge on any atom is 0.141 e. The summed E-state index contributed by atoms with van der Waals surface area (Å²) in [5.74, 6) is 0.740. The Bertz CT molecular complexity index is 305. The molecule has 0 aliphatic heterocycles. The zero-order valence-electron chi connectivity index (χ0n) is 9.05. The topological polar surface area (TPSA) is 30.5 Å². The van der Waals surface area contributed by atoms with Crippen molar-refractivity contribution in [2.75, 3.05) is 27.4 Å². The molecular formula is C11H16ClNO2. The Labute approximate surface area is 95.3 Å². The number of benzene rings is 1. The average molecular weight is 230 g/mol. The van der Waals surface area contributed by atoms with Crippen LogP contribution in [0.2, 0.25) is 5.02 Å². The molecule has 84 valence electrons. The lowest BCUT2D eigenvalue weighted by Gasteiger charge is -2.10. The van der Waals surface area contributed by atoms with Gasteiger partial charge in [0.05, 0.1) is 18.7 Å². The quantitative estimate of drug-likeness (QED) is 0.758. The van der Waals surface area contributed by atoms with Crippen LogP contribution in [0, 0.1) is 0 Å². The highest BCUT2D eigenvalue weighted by Crippen LogP contribution is 2.27. The molecule has 0 aromatic heterocycles. The highest BCUT2D eigenvalue weighted by atomic mass is 35.5. The fourth-order valence-electron chi connectivity index (χ4n) is 1.32. The van der Waals surface area contributed by atoms with Crippen LogP contribution < -0.4 is 10.1 Å². The van der Waals surface area contributed by atoms with E-state index in [2.05, 4.69) is 5.32 Å². The van der Waals surface area contributed by atoms with Crippen LogP contribution in [-0.2, 0) is 11.3 Å². The summed E-state index contributed by atoms with van der Waals surface area (Å²) in [6.45, 7) is 2.24. The van der Waals surface area contributed by atoms with Crippen molar-refractivity contribution < 1.29 is 9.47 Å².